The standard InChI is InChI=1S/C18H17ClN2O/c1-21(12-13-5-3-2-4-6-13)18(22)9-14-11-20-17-10-15(19)7-8-16(14)17/h2-8,10-11,20H,9,12H2,1H3. The minimum Gasteiger partial charge on any atom is -0.361 e. The number of rotatable bonds is 4. The lowest BCUT2D eigenvalue weighted by atomic mass is 10.1. The molecule has 4 heteroatoms. The molecule has 22 heavy (non-hydrogen) atoms. The number of nitrogens with one attached hydrogen (secondary N) is 1. The minimum atomic E-state index is 0.0969. The van der Waals surface area contributed by atoms with Crippen LogP contribution in [0.15, 0.2) is 54.7 Å². The second kappa shape index (κ2) is 6.24. The molecule has 0 saturated carbocycles. The first-order valence-electron chi connectivity index (χ1n) is 7.17. The number of H-pyrrole nitrogens is 1. The summed E-state index contributed by atoms with van der Waals surface area (Å²) in [6, 6.07) is 15.7. The van der Waals surface area contributed by atoms with Crippen LogP contribution >= 0.6 is 11.6 Å². The van der Waals surface area contributed by atoms with Crippen molar-refractivity contribution in [2.24, 2.45) is 0 Å². The molecule has 0 fully saturated rings. The molecule has 0 unspecified atom stereocenters. The SMILES string of the molecule is CN(Cc1ccccc1)C(=O)Cc1c[nH]c2cc(Cl)ccc12. The molecule has 1 N–H and O–H groups in total. The number of amides is 1. The van der Waals surface area contributed by atoms with Gasteiger partial charge in [-0.1, -0.05) is 48.0 Å². The van der Waals surface area contributed by atoms with Crippen LogP contribution in [0.3, 0.4) is 0 Å². The second-order valence-corrected chi connectivity index (χ2v) is 5.85. The van der Waals surface area contributed by atoms with Crippen molar-refractivity contribution in [3.05, 3.63) is 70.9 Å². The Labute approximate surface area is 134 Å². The van der Waals surface area contributed by atoms with Crippen LogP contribution in [0, 0.1) is 0 Å². The van der Waals surface area contributed by atoms with E-state index >= 15 is 0 Å². The summed E-state index contributed by atoms with van der Waals surface area (Å²) in [7, 11) is 1.83. The quantitative estimate of drug-likeness (QED) is 0.776. The van der Waals surface area contributed by atoms with E-state index in [1.807, 2.05) is 61.8 Å². The summed E-state index contributed by atoms with van der Waals surface area (Å²) in [5.74, 6) is 0.0969. The molecule has 0 bridgehead atoms. The number of benzene rings is 2. The van der Waals surface area contributed by atoms with Crippen LogP contribution in [0.25, 0.3) is 10.9 Å². The van der Waals surface area contributed by atoms with Gasteiger partial charge in [0, 0.05) is 35.7 Å². The van der Waals surface area contributed by atoms with E-state index in [2.05, 4.69) is 4.98 Å². The number of fused-ring (bicyclic) bond motifs is 1. The molecule has 3 nitrogen and oxygen atoms in total. The summed E-state index contributed by atoms with van der Waals surface area (Å²) in [6.45, 7) is 0.619. The molecule has 1 aromatic heterocycles. The van der Waals surface area contributed by atoms with Crippen molar-refractivity contribution in [2.45, 2.75) is 13.0 Å². The van der Waals surface area contributed by atoms with Gasteiger partial charge in [-0.05, 0) is 23.3 Å². The predicted molar refractivity (Wildman–Crippen MR) is 89.9 cm³/mol. The lowest BCUT2D eigenvalue weighted by Gasteiger charge is -2.17. The maximum Gasteiger partial charge on any atom is 0.227 e. The van der Waals surface area contributed by atoms with Gasteiger partial charge >= 0.3 is 0 Å². The molecular formula is C18H17ClN2O. The maximum absolute atomic E-state index is 12.4. The van der Waals surface area contributed by atoms with Crippen LogP contribution in [0.2, 0.25) is 5.02 Å². The summed E-state index contributed by atoms with van der Waals surface area (Å²) < 4.78 is 0. The summed E-state index contributed by atoms with van der Waals surface area (Å²) in [4.78, 5) is 17.3. The monoisotopic (exact) mass is 312 g/mol. The molecule has 112 valence electrons. The number of nitrogens with zero attached hydrogens (tertiary/aromatic N) is 1. The normalized spacial score (nSPS) is 10.8. The first kappa shape index (κ1) is 14.7. The van der Waals surface area contributed by atoms with Crippen molar-refractivity contribution >= 4 is 28.4 Å². The van der Waals surface area contributed by atoms with Gasteiger partial charge in [-0.3, -0.25) is 4.79 Å². The van der Waals surface area contributed by atoms with Gasteiger partial charge in [-0.2, -0.15) is 0 Å². The van der Waals surface area contributed by atoms with E-state index in [1.54, 1.807) is 4.90 Å². The van der Waals surface area contributed by atoms with Gasteiger partial charge in [0.2, 0.25) is 5.91 Å². The predicted octanol–water partition coefficient (Wildman–Crippen LogP) is 4.02. The van der Waals surface area contributed by atoms with Crippen molar-refractivity contribution in [1.82, 2.24) is 9.88 Å². The molecule has 2 aromatic carbocycles. The number of likely N-dealkylation sites (N-methyl/N-ethyl adjacent to an activating group) is 1. The number of hydrogen-bond donors (Lipinski definition) is 1. The largest absolute Gasteiger partial charge is 0.361 e. The Bertz CT molecular complexity index is 795. The van der Waals surface area contributed by atoms with Gasteiger partial charge in [0.25, 0.3) is 0 Å². The van der Waals surface area contributed by atoms with Crippen molar-refractivity contribution in [3.63, 3.8) is 0 Å². The Hall–Kier alpha value is -2.26. The van der Waals surface area contributed by atoms with E-state index in [1.165, 1.54) is 0 Å². The van der Waals surface area contributed by atoms with Gasteiger partial charge in [0.05, 0.1) is 6.42 Å². The third-order valence-electron chi connectivity index (χ3n) is 3.76. The first-order chi connectivity index (χ1) is 10.6. The number of aromatic amines is 1. The Morgan fingerprint density at radius 3 is 2.73 bits per heavy atom. The highest BCUT2D eigenvalue weighted by Gasteiger charge is 2.13. The average Bonchev–Trinajstić information content (AvgIpc) is 2.90. The lowest BCUT2D eigenvalue weighted by molar-refractivity contribution is -0.129. The van der Waals surface area contributed by atoms with E-state index in [0.29, 0.717) is 18.0 Å². The summed E-state index contributed by atoms with van der Waals surface area (Å²) in [5.41, 5.74) is 3.08. The number of aromatic nitrogens is 1. The van der Waals surface area contributed by atoms with Gasteiger partial charge < -0.3 is 9.88 Å². The fourth-order valence-corrected chi connectivity index (χ4v) is 2.72. The Balaban J connectivity index is 1.72. The molecule has 0 aliphatic heterocycles. The molecule has 3 rings (SSSR count). The zero-order chi connectivity index (χ0) is 15.5. The van der Waals surface area contributed by atoms with E-state index in [0.717, 1.165) is 22.0 Å². The Morgan fingerprint density at radius 1 is 1.18 bits per heavy atom. The number of carbonyl (C=O) groups is 1. The van der Waals surface area contributed by atoms with Crippen molar-refractivity contribution in [3.8, 4) is 0 Å². The maximum atomic E-state index is 12.4. The van der Waals surface area contributed by atoms with Crippen LogP contribution in [0.4, 0.5) is 0 Å². The molecule has 0 saturated heterocycles. The van der Waals surface area contributed by atoms with Gasteiger partial charge in [0.15, 0.2) is 0 Å². The smallest absolute Gasteiger partial charge is 0.227 e. The third-order valence-corrected chi connectivity index (χ3v) is 3.99. The summed E-state index contributed by atoms with van der Waals surface area (Å²) >= 11 is 5.98. The first-order valence-corrected chi connectivity index (χ1v) is 7.54. The molecule has 0 aliphatic rings. The van der Waals surface area contributed by atoms with E-state index < -0.39 is 0 Å². The molecule has 0 atom stereocenters. The number of halogens is 1. The van der Waals surface area contributed by atoms with Crippen LogP contribution in [0.5, 0.6) is 0 Å². The van der Waals surface area contributed by atoms with Gasteiger partial charge in [-0.25, -0.2) is 0 Å². The Morgan fingerprint density at radius 2 is 1.95 bits per heavy atom. The molecule has 0 spiro atoms. The fourth-order valence-electron chi connectivity index (χ4n) is 2.55. The van der Waals surface area contributed by atoms with Crippen LogP contribution in [-0.2, 0) is 17.8 Å². The summed E-state index contributed by atoms with van der Waals surface area (Å²) in [6.07, 6.45) is 2.26. The fraction of sp³-hybridized carbons (Fsp3) is 0.167. The Kier molecular flexibility index (Phi) is 4.16. The zero-order valence-corrected chi connectivity index (χ0v) is 13.1. The molecule has 1 amide bonds. The molecular weight excluding hydrogens is 296 g/mol. The molecule has 3 aromatic rings. The minimum absolute atomic E-state index is 0.0969. The molecule has 1 heterocycles. The summed E-state index contributed by atoms with van der Waals surface area (Å²) in [5, 5.41) is 1.74. The van der Waals surface area contributed by atoms with Crippen LogP contribution in [-0.4, -0.2) is 22.8 Å². The van der Waals surface area contributed by atoms with Gasteiger partial charge in [0.1, 0.15) is 0 Å². The van der Waals surface area contributed by atoms with Crippen LogP contribution in [0.1, 0.15) is 11.1 Å². The zero-order valence-electron chi connectivity index (χ0n) is 12.3. The molecule has 0 aliphatic carbocycles. The highest BCUT2D eigenvalue weighted by atomic mass is 35.5. The molecule has 0 radical (unpaired) electrons. The van der Waals surface area contributed by atoms with E-state index in [9.17, 15) is 4.79 Å². The number of carbonyl (C=O) groups excluding carboxylic acids is 1. The number of hydrogen-bond acceptors (Lipinski definition) is 1. The average molecular weight is 313 g/mol. The highest BCUT2D eigenvalue weighted by molar-refractivity contribution is 6.31. The lowest BCUT2D eigenvalue weighted by Crippen LogP contribution is -2.27. The third kappa shape index (κ3) is 3.15. The topological polar surface area (TPSA) is 36.1 Å². The van der Waals surface area contributed by atoms with Crippen LogP contribution < -0.4 is 0 Å². The van der Waals surface area contributed by atoms with Crippen molar-refractivity contribution < 1.29 is 4.79 Å². The van der Waals surface area contributed by atoms with E-state index in [4.69, 9.17) is 11.6 Å². The van der Waals surface area contributed by atoms with E-state index in [-0.39, 0.29) is 5.91 Å². The highest BCUT2D eigenvalue weighted by Crippen LogP contribution is 2.22. The van der Waals surface area contributed by atoms with Crippen molar-refractivity contribution in [1.29, 1.82) is 0 Å². The second-order valence-electron chi connectivity index (χ2n) is 5.42. The van der Waals surface area contributed by atoms with Gasteiger partial charge in [-0.15, -0.1) is 0 Å². The van der Waals surface area contributed by atoms with Crippen molar-refractivity contribution in [2.75, 3.05) is 7.05 Å².